The summed E-state index contributed by atoms with van der Waals surface area (Å²) in [5, 5.41) is 19.3. The summed E-state index contributed by atoms with van der Waals surface area (Å²) in [6, 6.07) is 0. The first-order chi connectivity index (χ1) is 13.0. The van der Waals surface area contributed by atoms with E-state index in [1.165, 1.54) is 0 Å². The highest BCUT2D eigenvalue weighted by Gasteiger charge is 2.56. The van der Waals surface area contributed by atoms with E-state index in [9.17, 15) is 37.4 Å². The quantitative estimate of drug-likeness (QED) is 0.362. The van der Waals surface area contributed by atoms with Gasteiger partial charge in [-0.05, 0) is 0 Å². The predicted octanol–water partition coefficient (Wildman–Crippen LogP) is -1.38. The lowest BCUT2D eigenvalue weighted by Crippen LogP contribution is -2.44. The van der Waals surface area contributed by atoms with E-state index < -0.39 is 71.8 Å². The molecule has 0 bridgehead atoms. The van der Waals surface area contributed by atoms with Crippen LogP contribution in [0.15, 0.2) is 9.59 Å². The fourth-order valence-electron chi connectivity index (χ4n) is 2.98. The van der Waals surface area contributed by atoms with Crippen LogP contribution in [-0.2, 0) is 11.3 Å². The van der Waals surface area contributed by atoms with E-state index in [0.29, 0.717) is 4.57 Å². The van der Waals surface area contributed by atoms with Gasteiger partial charge in [0.1, 0.15) is 12.2 Å². The number of ether oxygens (including phenoxy) is 1. The van der Waals surface area contributed by atoms with Crippen LogP contribution in [0.5, 0.6) is 0 Å². The van der Waals surface area contributed by atoms with Crippen LogP contribution >= 0.6 is 0 Å². The molecule has 0 unspecified atom stereocenters. The van der Waals surface area contributed by atoms with Gasteiger partial charge in [0, 0.05) is 0 Å². The molecule has 0 saturated carbocycles. The van der Waals surface area contributed by atoms with Crippen molar-refractivity contribution in [2.24, 2.45) is 0 Å². The summed E-state index contributed by atoms with van der Waals surface area (Å²) in [6.45, 7) is -0.437. The van der Waals surface area contributed by atoms with E-state index in [4.69, 9.17) is 16.9 Å². The van der Waals surface area contributed by atoms with E-state index >= 15 is 0 Å². The number of alkyl halides is 4. The van der Waals surface area contributed by atoms with Crippen LogP contribution < -0.4 is 17.0 Å². The molecule has 1 saturated heterocycles. The Morgan fingerprint density at radius 1 is 1.43 bits per heavy atom. The number of aliphatic hydroxyl groups excluding tert-OH is 2. The largest absolute Gasteiger partial charge is 0.417 e. The Labute approximate surface area is 152 Å². The highest BCUT2D eigenvalue weighted by Crippen LogP contribution is 2.37. The van der Waals surface area contributed by atoms with Crippen LogP contribution in [-0.4, -0.2) is 60.0 Å². The molecular formula is C14H13F4N5O5. The molecule has 0 radical (unpaired) electrons. The molecule has 5 N–H and O–H groups in total. The molecule has 0 spiro atoms. The first-order valence-corrected chi connectivity index (χ1v) is 7.65. The van der Waals surface area contributed by atoms with E-state index in [2.05, 4.69) is 15.9 Å². The minimum absolute atomic E-state index is 0.400. The molecule has 152 valence electrons. The monoisotopic (exact) mass is 407 g/mol. The highest BCUT2D eigenvalue weighted by molar-refractivity contribution is 5.72. The van der Waals surface area contributed by atoms with Crippen molar-refractivity contribution in [2.45, 2.75) is 43.4 Å². The summed E-state index contributed by atoms with van der Waals surface area (Å²) in [4.78, 5) is 30.6. The number of aromatic nitrogens is 4. The molecule has 2 aromatic heterocycles. The second kappa shape index (κ2) is 6.62. The lowest BCUT2D eigenvalue weighted by molar-refractivity contribution is -0.241. The van der Waals surface area contributed by atoms with Crippen molar-refractivity contribution in [3.63, 3.8) is 0 Å². The lowest BCUT2D eigenvalue weighted by Gasteiger charge is -2.22. The van der Waals surface area contributed by atoms with Crippen LogP contribution in [0.1, 0.15) is 6.23 Å². The Morgan fingerprint density at radius 2 is 2.07 bits per heavy atom. The molecule has 0 aromatic carbocycles. The summed E-state index contributed by atoms with van der Waals surface area (Å²) >= 11 is 0. The van der Waals surface area contributed by atoms with Gasteiger partial charge in [0.05, 0.1) is 6.54 Å². The van der Waals surface area contributed by atoms with Crippen molar-refractivity contribution in [3.05, 3.63) is 20.8 Å². The van der Waals surface area contributed by atoms with Crippen molar-refractivity contribution < 1.29 is 32.5 Å². The van der Waals surface area contributed by atoms with E-state index in [1.807, 2.05) is 0 Å². The number of terminal acetylenes is 1. The first kappa shape index (κ1) is 19.9. The molecule has 0 amide bonds. The number of aliphatic hydroxyl groups is 2. The molecule has 3 rings (SSSR count). The predicted molar refractivity (Wildman–Crippen MR) is 84.7 cm³/mol. The number of rotatable bonds is 3. The van der Waals surface area contributed by atoms with Crippen LogP contribution in [0.2, 0.25) is 0 Å². The summed E-state index contributed by atoms with van der Waals surface area (Å²) in [7, 11) is 0. The van der Waals surface area contributed by atoms with Gasteiger partial charge in [-0.25, -0.2) is 13.8 Å². The summed E-state index contributed by atoms with van der Waals surface area (Å²) in [5.41, 5.74) is 2.54. The lowest BCUT2D eigenvalue weighted by atomic mass is 10.1. The summed E-state index contributed by atoms with van der Waals surface area (Å²) in [5.74, 6) is 1.64. The number of halogens is 4. The van der Waals surface area contributed by atoms with Crippen molar-refractivity contribution in [2.75, 3.05) is 5.73 Å². The smallest absolute Gasteiger partial charge is 0.385 e. The van der Waals surface area contributed by atoms with Gasteiger partial charge in [-0.15, -0.1) is 6.42 Å². The minimum atomic E-state index is -5.24. The zero-order valence-corrected chi connectivity index (χ0v) is 13.7. The molecule has 0 aliphatic carbocycles. The Balaban J connectivity index is 2.19. The molecule has 1 fully saturated rings. The van der Waals surface area contributed by atoms with Gasteiger partial charge in [0.25, 0.3) is 5.56 Å². The van der Waals surface area contributed by atoms with Crippen LogP contribution in [0.3, 0.4) is 0 Å². The van der Waals surface area contributed by atoms with E-state index in [-0.39, 0.29) is 0 Å². The number of hydrogen-bond donors (Lipinski definition) is 4. The number of anilines is 1. The topological polar surface area (TPSA) is 148 Å². The molecule has 5 atom stereocenters. The third kappa shape index (κ3) is 2.93. The fraction of sp³-hybridized carbons (Fsp3) is 0.500. The van der Waals surface area contributed by atoms with Gasteiger partial charge in [0.15, 0.2) is 29.7 Å². The maximum Gasteiger partial charge on any atom is 0.417 e. The van der Waals surface area contributed by atoms with Crippen molar-refractivity contribution in [3.8, 4) is 12.3 Å². The number of fused-ring (bicyclic) bond motifs is 1. The number of hydrogen-bond acceptors (Lipinski definition) is 7. The maximum atomic E-state index is 14.2. The number of nitrogens with one attached hydrogen (secondary N) is 1. The minimum Gasteiger partial charge on any atom is -0.385 e. The molecule has 1 aliphatic heterocycles. The standard InChI is InChI=1S/C14H13F4N5O5/c1-2-3-22-5-9(20-12(19)21-10(5)26)23(13(22)27)11-6(24)4(15)7(28-11)8(25)14(16,17)18/h1,4,6-8,11,24-25H,3H2,(H3,19,20,21,26)/t4-,6-,7+,8-,11-/m1/s1. The molecule has 1 aliphatic rings. The number of nitrogens with zero attached hydrogens (tertiary/aromatic N) is 3. The van der Waals surface area contributed by atoms with Crippen LogP contribution in [0.4, 0.5) is 23.5 Å². The van der Waals surface area contributed by atoms with Gasteiger partial charge in [0.2, 0.25) is 5.95 Å². The highest BCUT2D eigenvalue weighted by atomic mass is 19.4. The Morgan fingerprint density at radius 3 is 2.64 bits per heavy atom. The van der Waals surface area contributed by atoms with Crippen LogP contribution in [0.25, 0.3) is 11.2 Å². The number of imidazole rings is 1. The second-order valence-electron chi connectivity index (χ2n) is 5.98. The fourth-order valence-corrected chi connectivity index (χ4v) is 2.98. The SMILES string of the molecule is C#CCn1c(=O)n([C@@H]2O[C@H]([C@@H](O)C(F)(F)F)[C@H](F)[C@H]2O)c2nc(N)[nH]c(=O)c21. The Kier molecular flexibility index (Phi) is 4.69. The van der Waals surface area contributed by atoms with Gasteiger partial charge in [-0.2, -0.15) is 18.2 Å². The average molecular weight is 407 g/mol. The Hall–Kier alpha value is -2.89. The molecule has 2 aromatic rings. The first-order valence-electron chi connectivity index (χ1n) is 7.65. The summed E-state index contributed by atoms with van der Waals surface area (Å²) in [6.07, 6.45) is -12.9. The van der Waals surface area contributed by atoms with Crippen molar-refractivity contribution >= 4 is 17.1 Å². The van der Waals surface area contributed by atoms with Crippen molar-refractivity contribution in [1.29, 1.82) is 0 Å². The van der Waals surface area contributed by atoms with Crippen molar-refractivity contribution in [1.82, 2.24) is 19.1 Å². The average Bonchev–Trinajstić information content (AvgIpc) is 3.02. The molecule has 28 heavy (non-hydrogen) atoms. The van der Waals surface area contributed by atoms with Gasteiger partial charge in [-0.1, -0.05) is 5.92 Å². The van der Waals surface area contributed by atoms with Gasteiger partial charge < -0.3 is 20.7 Å². The van der Waals surface area contributed by atoms with Gasteiger partial charge >= 0.3 is 11.9 Å². The zero-order valence-electron chi connectivity index (χ0n) is 13.7. The normalized spacial score (nSPS) is 26.5. The van der Waals surface area contributed by atoms with Gasteiger partial charge in [-0.3, -0.25) is 14.3 Å². The molecular weight excluding hydrogens is 394 g/mol. The zero-order chi connectivity index (χ0) is 21.0. The third-order valence-corrected chi connectivity index (χ3v) is 4.21. The maximum absolute atomic E-state index is 14.2. The van der Waals surface area contributed by atoms with E-state index in [0.717, 1.165) is 4.57 Å². The molecule has 14 heteroatoms. The Bertz CT molecular complexity index is 1070. The molecule has 3 heterocycles. The number of nitrogen functional groups attached to an aromatic ring is 1. The third-order valence-electron chi connectivity index (χ3n) is 4.21. The summed E-state index contributed by atoms with van der Waals surface area (Å²) < 4.78 is 58.5. The molecule has 10 nitrogen and oxygen atoms in total. The number of nitrogens with two attached hydrogens (primary N) is 1. The van der Waals surface area contributed by atoms with E-state index in [1.54, 1.807) is 0 Å². The van der Waals surface area contributed by atoms with Crippen LogP contribution in [0, 0.1) is 12.3 Å². The second-order valence-corrected chi connectivity index (χ2v) is 5.98. The number of aromatic amines is 1. The number of H-pyrrole nitrogens is 1.